The number of nitrogens with zero attached hydrogens (tertiary/aromatic N) is 2. The highest BCUT2D eigenvalue weighted by atomic mass is 32.2. The van der Waals surface area contributed by atoms with Gasteiger partial charge in [0.25, 0.3) is 5.91 Å². The van der Waals surface area contributed by atoms with Crippen molar-refractivity contribution in [1.82, 2.24) is 25.4 Å². The molecule has 0 radical (unpaired) electrons. The molecular weight excluding hydrogens is 930 g/mol. The van der Waals surface area contributed by atoms with Gasteiger partial charge >= 0.3 is 24.1 Å². The first-order valence-electron chi connectivity index (χ1n) is 20.7. The third kappa shape index (κ3) is 23.4. The number of hydrogen-bond donors (Lipinski definition) is 9. The van der Waals surface area contributed by atoms with E-state index in [2.05, 4.69) is 16.0 Å². The molecule has 1 aromatic heterocycles. The van der Waals surface area contributed by atoms with Gasteiger partial charge in [-0.2, -0.15) is 24.9 Å². The van der Waals surface area contributed by atoms with Crippen molar-refractivity contribution in [1.29, 1.82) is 5.41 Å². The Morgan fingerprint density at radius 1 is 0.853 bits per heavy atom. The van der Waals surface area contributed by atoms with E-state index in [0.717, 1.165) is 23.8 Å². The summed E-state index contributed by atoms with van der Waals surface area (Å²) in [5, 5.41) is 49.6. The summed E-state index contributed by atoms with van der Waals surface area (Å²) < 4.78 is 62.8. The Morgan fingerprint density at radius 2 is 1.44 bits per heavy atom. The number of halogens is 5. The minimum atomic E-state index is -5.08. The van der Waals surface area contributed by atoms with E-state index in [4.69, 9.17) is 31.3 Å². The van der Waals surface area contributed by atoms with Crippen LogP contribution in [-0.4, -0.2) is 134 Å². The van der Waals surface area contributed by atoms with Crippen molar-refractivity contribution in [3.05, 3.63) is 83.7 Å². The molecule has 0 aliphatic carbocycles. The van der Waals surface area contributed by atoms with Crippen molar-refractivity contribution in [2.75, 3.05) is 44.8 Å². The van der Waals surface area contributed by atoms with Crippen molar-refractivity contribution < 1.29 is 75.9 Å². The molecule has 3 aromatic rings. The molecule has 378 valence electrons. The van der Waals surface area contributed by atoms with Gasteiger partial charge in [-0.05, 0) is 41.5 Å². The van der Waals surface area contributed by atoms with Gasteiger partial charge in [-0.3, -0.25) is 34.2 Å². The quantitative estimate of drug-likeness (QED) is 0.0406. The number of carbonyl (C=O) groups is 7. The molecule has 2 atom stereocenters. The number of aliphatic carboxylic acids is 3. The number of alkyl halides is 3. The van der Waals surface area contributed by atoms with Gasteiger partial charge in [0.15, 0.2) is 0 Å². The lowest BCUT2D eigenvalue weighted by Crippen LogP contribution is -2.45. The molecule has 0 bridgehead atoms. The third-order valence-electron chi connectivity index (χ3n) is 8.76. The van der Waals surface area contributed by atoms with Crippen LogP contribution in [0.15, 0.2) is 60.8 Å². The van der Waals surface area contributed by atoms with Crippen LogP contribution >= 0.6 is 11.8 Å². The fourth-order valence-electron chi connectivity index (χ4n) is 5.73. The van der Waals surface area contributed by atoms with E-state index in [1.165, 1.54) is 16.7 Å². The van der Waals surface area contributed by atoms with E-state index in [1.54, 1.807) is 12.3 Å². The molecule has 0 saturated carbocycles. The lowest BCUT2D eigenvalue weighted by molar-refractivity contribution is -0.192. The highest BCUT2D eigenvalue weighted by Crippen LogP contribution is 2.41. The Balaban J connectivity index is 0.00000224. The SMILES string of the molecule is CC.CC(C)(C)[C@H](c1cc(-c2cc(F)ccc2F)cn1Cc1ccccc1)N(CCC(=N)C(=O)NCCNC(=O)CNC(=O)CCC(=O)O)C(=O)CO.CSC[C@H](N)C(=O)O.O=C(O)C(F)(F)F. The number of carbonyl (C=O) groups excluding carboxylic acids is 4. The van der Waals surface area contributed by atoms with Gasteiger partial charge in [0, 0.05) is 67.8 Å². The average molecular weight is 990 g/mol. The van der Waals surface area contributed by atoms with E-state index < -0.39 is 83.5 Å². The molecule has 0 aliphatic rings. The molecule has 3 rings (SSSR count). The first-order valence-corrected chi connectivity index (χ1v) is 22.1. The number of aromatic nitrogens is 1. The van der Waals surface area contributed by atoms with Crippen LogP contribution in [0.2, 0.25) is 0 Å². The number of nitrogens with one attached hydrogen (secondary N) is 4. The van der Waals surface area contributed by atoms with Gasteiger partial charge in [0.05, 0.1) is 24.7 Å². The first kappa shape index (κ1) is 61.6. The summed E-state index contributed by atoms with van der Waals surface area (Å²) in [6.45, 7) is 8.55. The van der Waals surface area contributed by atoms with Crippen molar-refractivity contribution in [3.8, 4) is 11.1 Å². The topological polar surface area (TPSA) is 295 Å². The predicted molar refractivity (Wildman–Crippen MR) is 244 cm³/mol. The van der Waals surface area contributed by atoms with Crippen LogP contribution in [0.1, 0.15) is 71.2 Å². The van der Waals surface area contributed by atoms with E-state index in [-0.39, 0.29) is 56.7 Å². The summed E-state index contributed by atoms with van der Waals surface area (Å²) in [5.74, 6) is -8.16. The second kappa shape index (κ2) is 30.8. The van der Waals surface area contributed by atoms with E-state index in [0.29, 0.717) is 23.6 Å². The Kier molecular flexibility index (Phi) is 27.9. The standard InChI is InChI=1S/C36H44F2N6O7.C4H9NO2S.C2HF3O2.C2H6/c1-36(2,3)34(29-17-24(26-18-25(37)9-10-27(26)38)21-43(29)20-23-7-5-4-6-8-23)44(32(48)22-45)16-13-28(39)35(51)41-15-14-40-31(47)19-42-30(46)11-12-33(49)50;1-8-2-3(5)4(6)7;3-2(4,5)1(6)7;1-2/h4-10,17-18,21,34,39,45H,11-16,19-20,22H2,1-3H3,(H,40,47)(H,41,51)(H,42,46)(H,49,50);3H,2,5H2,1H3,(H,6,7);(H,6,7);1-2H3/t34-;3-;;/m00../s1. The monoisotopic (exact) mass is 989 g/mol. The number of carboxylic acid groups (broad SMARTS) is 3. The predicted octanol–water partition coefficient (Wildman–Crippen LogP) is 4.43. The average Bonchev–Trinajstić information content (AvgIpc) is 3.67. The molecular formula is C44H60F5N7O11S. The summed E-state index contributed by atoms with van der Waals surface area (Å²) in [6, 6.07) is 12.8. The van der Waals surface area contributed by atoms with Crippen LogP contribution in [0.5, 0.6) is 0 Å². The number of aliphatic hydroxyl groups excluding tert-OH is 1. The maximum atomic E-state index is 15.0. The number of thioether (sulfide) groups is 1. The van der Waals surface area contributed by atoms with Crippen molar-refractivity contribution in [2.24, 2.45) is 11.1 Å². The minimum Gasteiger partial charge on any atom is -0.481 e. The van der Waals surface area contributed by atoms with Crippen molar-refractivity contribution >= 4 is 59.0 Å². The normalized spacial score (nSPS) is 11.6. The molecule has 0 spiro atoms. The maximum absolute atomic E-state index is 15.0. The van der Waals surface area contributed by atoms with Gasteiger partial charge in [0.1, 0.15) is 24.3 Å². The molecule has 18 nitrogen and oxygen atoms in total. The van der Waals surface area contributed by atoms with E-state index in [9.17, 15) is 55.8 Å². The highest BCUT2D eigenvalue weighted by molar-refractivity contribution is 7.98. The second-order valence-electron chi connectivity index (χ2n) is 15.1. The summed E-state index contributed by atoms with van der Waals surface area (Å²) >= 11 is 1.43. The molecule has 2 aromatic carbocycles. The van der Waals surface area contributed by atoms with Crippen LogP contribution in [0, 0.1) is 22.5 Å². The van der Waals surface area contributed by atoms with Gasteiger partial charge in [0.2, 0.25) is 17.7 Å². The zero-order valence-electron chi connectivity index (χ0n) is 38.4. The number of carboxylic acids is 3. The zero-order valence-corrected chi connectivity index (χ0v) is 39.2. The van der Waals surface area contributed by atoms with Crippen LogP contribution in [0.25, 0.3) is 11.1 Å². The summed E-state index contributed by atoms with van der Waals surface area (Å²) in [7, 11) is 0. The molecule has 10 N–H and O–H groups in total. The van der Waals surface area contributed by atoms with Crippen LogP contribution in [0.3, 0.4) is 0 Å². The highest BCUT2D eigenvalue weighted by Gasteiger charge is 2.39. The number of nitrogens with two attached hydrogens (primary N) is 1. The Bertz CT molecular complexity index is 2140. The third-order valence-corrected chi connectivity index (χ3v) is 9.45. The van der Waals surface area contributed by atoms with Gasteiger partial charge < -0.3 is 51.6 Å². The summed E-state index contributed by atoms with van der Waals surface area (Å²) in [6.07, 6.45) is -2.40. The molecule has 4 amide bonds. The van der Waals surface area contributed by atoms with Crippen LogP contribution in [0.4, 0.5) is 22.0 Å². The Hall–Kier alpha value is -6.40. The number of amides is 4. The summed E-state index contributed by atoms with van der Waals surface area (Å²) in [5.41, 5.74) is 5.94. The van der Waals surface area contributed by atoms with Crippen molar-refractivity contribution in [2.45, 2.75) is 78.7 Å². The van der Waals surface area contributed by atoms with Gasteiger partial charge in [-0.1, -0.05) is 65.0 Å². The fraction of sp³-hybridized carbons (Fsp3) is 0.455. The van der Waals surface area contributed by atoms with Crippen LogP contribution < -0.4 is 21.7 Å². The largest absolute Gasteiger partial charge is 0.490 e. The van der Waals surface area contributed by atoms with Crippen LogP contribution in [-0.2, 0) is 40.1 Å². The van der Waals surface area contributed by atoms with E-state index in [1.807, 2.05) is 75.8 Å². The number of benzene rings is 2. The lowest BCUT2D eigenvalue weighted by Gasteiger charge is -2.41. The van der Waals surface area contributed by atoms with Gasteiger partial charge in [-0.15, -0.1) is 0 Å². The molecule has 24 heteroatoms. The maximum Gasteiger partial charge on any atom is 0.490 e. The zero-order chi connectivity index (χ0) is 52.4. The van der Waals surface area contributed by atoms with Crippen molar-refractivity contribution in [3.63, 3.8) is 0 Å². The molecule has 1 heterocycles. The Morgan fingerprint density at radius 3 is 1.94 bits per heavy atom. The molecule has 0 aliphatic heterocycles. The molecule has 0 fully saturated rings. The smallest absolute Gasteiger partial charge is 0.481 e. The summed E-state index contributed by atoms with van der Waals surface area (Å²) in [4.78, 5) is 80.3. The van der Waals surface area contributed by atoms with E-state index >= 15 is 0 Å². The number of aliphatic hydroxyl groups is 1. The number of rotatable bonds is 21. The van der Waals surface area contributed by atoms with Gasteiger partial charge in [-0.25, -0.2) is 13.6 Å². The molecule has 0 saturated heterocycles. The Labute approximate surface area is 394 Å². The number of hydrogen-bond acceptors (Lipinski definition) is 11. The first-order chi connectivity index (χ1) is 31.7. The fourth-order valence-corrected chi connectivity index (χ4v) is 6.23. The lowest BCUT2D eigenvalue weighted by atomic mass is 9.82. The minimum absolute atomic E-state index is 0.0171. The molecule has 68 heavy (non-hydrogen) atoms. The second-order valence-corrected chi connectivity index (χ2v) is 16.0. The molecule has 0 unspecified atom stereocenters.